The summed E-state index contributed by atoms with van der Waals surface area (Å²) in [6.07, 6.45) is -5.46. The van der Waals surface area contributed by atoms with Crippen molar-refractivity contribution in [3.63, 3.8) is 0 Å². The van der Waals surface area contributed by atoms with Crippen LogP contribution >= 0.6 is 23.2 Å². The highest BCUT2D eigenvalue weighted by Gasteiger charge is 2.60. The van der Waals surface area contributed by atoms with Gasteiger partial charge in [-0.05, 0) is 11.6 Å². The van der Waals surface area contributed by atoms with Crippen LogP contribution in [-0.2, 0) is 4.79 Å². The maximum absolute atomic E-state index is 11.9. The molecule has 0 spiro atoms. The molecule has 0 aliphatic heterocycles. The lowest BCUT2D eigenvalue weighted by Crippen LogP contribution is -2.40. The molecule has 0 aromatic carbocycles. The molecule has 0 saturated carbocycles. The predicted octanol–water partition coefficient (Wildman–Crippen LogP) is 2.22. The molecule has 0 aromatic rings. The van der Waals surface area contributed by atoms with Gasteiger partial charge in [-0.3, -0.25) is 4.79 Å². The summed E-state index contributed by atoms with van der Waals surface area (Å²) in [5.74, 6) is 0. The molecule has 0 saturated heterocycles. The van der Waals surface area contributed by atoms with E-state index < -0.39 is 16.5 Å². The zero-order valence-corrected chi connectivity index (χ0v) is 5.69. The molecular weight excluding hydrogens is 199 g/mol. The molecular formula is C3Cl2F4O. The van der Waals surface area contributed by atoms with Crippen LogP contribution in [0.1, 0.15) is 0 Å². The summed E-state index contributed by atoms with van der Waals surface area (Å²) in [5.41, 5.74) is 0. The van der Waals surface area contributed by atoms with Gasteiger partial charge in [-0.2, -0.15) is 13.2 Å². The second kappa shape index (κ2) is 2.54. The molecule has 0 aliphatic rings. The van der Waals surface area contributed by atoms with Gasteiger partial charge in [0.05, 0.1) is 0 Å². The quantitative estimate of drug-likeness (QED) is 0.359. The highest BCUT2D eigenvalue weighted by Crippen LogP contribution is 2.39. The van der Waals surface area contributed by atoms with E-state index in [1.54, 1.807) is 0 Å². The summed E-state index contributed by atoms with van der Waals surface area (Å²) in [5, 5.41) is -6.75. The lowest BCUT2D eigenvalue weighted by molar-refractivity contribution is -0.195. The first-order valence-corrected chi connectivity index (χ1v) is 2.59. The lowest BCUT2D eigenvalue weighted by atomic mass is 10.4. The minimum absolute atomic E-state index is 2.29. The Kier molecular flexibility index (Phi) is 2.53. The molecule has 7 heteroatoms. The number of carbonyl (C=O) groups is 1. The van der Waals surface area contributed by atoms with Crippen molar-refractivity contribution in [2.75, 3.05) is 0 Å². The van der Waals surface area contributed by atoms with Crippen LogP contribution < -0.4 is 0 Å². The van der Waals surface area contributed by atoms with Crippen molar-refractivity contribution in [1.82, 2.24) is 0 Å². The first-order valence-electron chi connectivity index (χ1n) is 1.84. The highest BCUT2D eigenvalue weighted by atomic mass is 35.5. The van der Waals surface area contributed by atoms with Crippen LogP contribution in [0.15, 0.2) is 0 Å². The molecule has 0 fully saturated rings. The Labute approximate surface area is 62.9 Å². The smallest absolute Gasteiger partial charge is 0.276 e. The fraction of sp³-hybridized carbons (Fsp3) is 0.667. The maximum Gasteiger partial charge on any atom is 0.446 e. The highest BCUT2D eigenvalue weighted by molar-refractivity contribution is 6.70. The monoisotopic (exact) mass is 198 g/mol. The van der Waals surface area contributed by atoms with Crippen molar-refractivity contribution in [1.29, 1.82) is 0 Å². The topological polar surface area (TPSA) is 17.1 Å². The number of hydrogen-bond acceptors (Lipinski definition) is 1. The summed E-state index contributed by atoms with van der Waals surface area (Å²) in [6, 6.07) is 0. The molecule has 0 radical (unpaired) electrons. The summed E-state index contributed by atoms with van der Waals surface area (Å²) in [6.45, 7) is 0. The second-order valence-corrected chi connectivity index (χ2v) is 2.21. The molecule has 10 heavy (non-hydrogen) atoms. The first-order chi connectivity index (χ1) is 4.19. The van der Waals surface area contributed by atoms with Crippen molar-refractivity contribution < 1.29 is 22.4 Å². The Hall–Kier alpha value is -0.0300. The molecule has 1 unspecified atom stereocenters. The van der Waals surface area contributed by atoms with Crippen molar-refractivity contribution >= 4 is 28.4 Å². The molecule has 0 rings (SSSR count). The molecule has 1 nitrogen and oxygen atoms in total. The van der Waals surface area contributed by atoms with Crippen molar-refractivity contribution in [2.24, 2.45) is 0 Å². The standard InChI is InChI=1S/C3Cl2F4O/c4-1(10)2(5,6)3(7,8)9. The Morgan fingerprint density at radius 2 is 1.50 bits per heavy atom. The van der Waals surface area contributed by atoms with Crippen LogP contribution in [0.25, 0.3) is 0 Å². The predicted molar refractivity (Wildman–Crippen MR) is 26.6 cm³/mol. The SMILES string of the molecule is O=C(Cl)C(F)(Cl)C(F)(F)F. The van der Waals surface area contributed by atoms with E-state index >= 15 is 0 Å². The Morgan fingerprint density at radius 1 is 1.20 bits per heavy atom. The Bertz CT molecular complexity index is 151. The third kappa shape index (κ3) is 1.73. The first kappa shape index (κ1) is 9.97. The van der Waals surface area contributed by atoms with Crippen LogP contribution in [-0.4, -0.2) is 16.5 Å². The van der Waals surface area contributed by atoms with Crippen LogP contribution in [0, 0.1) is 0 Å². The summed E-state index contributed by atoms with van der Waals surface area (Å²) in [4.78, 5) is 9.65. The fourth-order valence-electron chi connectivity index (χ4n) is 0.111. The lowest BCUT2D eigenvalue weighted by Gasteiger charge is -2.15. The molecule has 0 bridgehead atoms. The zero-order valence-electron chi connectivity index (χ0n) is 4.18. The fourth-order valence-corrected chi connectivity index (χ4v) is 0.219. The van der Waals surface area contributed by atoms with E-state index in [0.717, 1.165) is 0 Å². The average molecular weight is 199 g/mol. The van der Waals surface area contributed by atoms with Crippen molar-refractivity contribution in [3.05, 3.63) is 0 Å². The minimum Gasteiger partial charge on any atom is -0.276 e. The third-order valence-corrected chi connectivity index (χ3v) is 1.35. The Balaban J connectivity index is 4.57. The second-order valence-electron chi connectivity index (χ2n) is 1.35. The number of halogens is 6. The van der Waals surface area contributed by atoms with E-state index in [1.807, 2.05) is 0 Å². The Morgan fingerprint density at radius 3 is 1.50 bits per heavy atom. The van der Waals surface area contributed by atoms with Crippen LogP contribution in [0.3, 0.4) is 0 Å². The van der Waals surface area contributed by atoms with Gasteiger partial charge in [0.15, 0.2) is 0 Å². The third-order valence-electron chi connectivity index (χ3n) is 0.603. The molecule has 1 atom stereocenters. The number of rotatable bonds is 1. The largest absolute Gasteiger partial charge is 0.446 e. The van der Waals surface area contributed by atoms with Gasteiger partial charge in [0.1, 0.15) is 0 Å². The van der Waals surface area contributed by atoms with Crippen LogP contribution in [0.2, 0.25) is 0 Å². The number of carbonyl (C=O) groups excluding carboxylic acids is 1. The van der Waals surface area contributed by atoms with E-state index in [-0.39, 0.29) is 0 Å². The zero-order chi connectivity index (χ0) is 8.58. The van der Waals surface area contributed by atoms with Gasteiger partial charge < -0.3 is 0 Å². The summed E-state index contributed by atoms with van der Waals surface area (Å²) < 4.78 is 45.7. The molecule has 0 aliphatic carbocycles. The van der Waals surface area contributed by atoms with E-state index in [0.29, 0.717) is 0 Å². The number of hydrogen-bond donors (Lipinski definition) is 0. The van der Waals surface area contributed by atoms with Gasteiger partial charge in [0.25, 0.3) is 5.24 Å². The molecule has 0 heterocycles. The van der Waals surface area contributed by atoms with Gasteiger partial charge in [-0.1, -0.05) is 11.6 Å². The van der Waals surface area contributed by atoms with Gasteiger partial charge in [-0.15, -0.1) is 0 Å². The van der Waals surface area contributed by atoms with Crippen LogP contribution in [0.4, 0.5) is 17.6 Å². The molecule has 60 valence electrons. The maximum atomic E-state index is 11.9. The van der Waals surface area contributed by atoms with Crippen molar-refractivity contribution in [2.45, 2.75) is 11.3 Å². The summed E-state index contributed by atoms with van der Waals surface area (Å²) >= 11 is 8.26. The van der Waals surface area contributed by atoms with E-state index in [1.165, 1.54) is 0 Å². The van der Waals surface area contributed by atoms with Crippen LogP contribution in [0.5, 0.6) is 0 Å². The van der Waals surface area contributed by atoms with E-state index in [2.05, 4.69) is 23.2 Å². The van der Waals surface area contributed by atoms with Gasteiger partial charge >= 0.3 is 11.3 Å². The van der Waals surface area contributed by atoms with E-state index in [9.17, 15) is 22.4 Å². The van der Waals surface area contributed by atoms with Gasteiger partial charge in [-0.25, -0.2) is 4.39 Å². The van der Waals surface area contributed by atoms with E-state index in [4.69, 9.17) is 0 Å². The average Bonchev–Trinajstić information content (AvgIpc) is 1.62. The molecule has 0 aromatic heterocycles. The molecule has 0 N–H and O–H groups in total. The number of alkyl halides is 5. The minimum atomic E-state index is -5.46. The normalized spacial score (nSPS) is 18.2. The van der Waals surface area contributed by atoms with Gasteiger partial charge in [0.2, 0.25) is 0 Å². The summed E-state index contributed by atoms with van der Waals surface area (Å²) in [7, 11) is 0. The van der Waals surface area contributed by atoms with Crippen molar-refractivity contribution in [3.8, 4) is 0 Å². The molecule has 0 amide bonds. The van der Waals surface area contributed by atoms with Gasteiger partial charge in [0, 0.05) is 0 Å².